The fraction of sp³-hybridized carbons (Fsp3) is 0.294. The first-order valence-electron chi connectivity index (χ1n) is 7.39. The van der Waals surface area contributed by atoms with E-state index in [0.717, 1.165) is 5.56 Å². The summed E-state index contributed by atoms with van der Waals surface area (Å²) < 4.78 is 2.88. The third-order valence-electron chi connectivity index (χ3n) is 3.75. The SMILES string of the molecule is Cc1cccn2c(=O)c3cc(C#N)c(=O)n(CC(C)C)c3nc12. The second-order valence-corrected chi connectivity index (χ2v) is 6.02. The van der Waals surface area contributed by atoms with Gasteiger partial charge in [0.25, 0.3) is 11.1 Å². The summed E-state index contributed by atoms with van der Waals surface area (Å²) in [5.74, 6) is 0.182. The third kappa shape index (κ3) is 2.30. The number of nitriles is 1. The van der Waals surface area contributed by atoms with Gasteiger partial charge in [-0.1, -0.05) is 19.9 Å². The topological polar surface area (TPSA) is 80.2 Å². The van der Waals surface area contributed by atoms with Crippen LogP contribution >= 0.6 is 0 Å². The Kier molecular flexibility index (Phi) is 3.49. The van der Waals surface area contributed by atoms with Crippen LogP contribution in [0.5, 0.6) is 0 Å². The van der Waals surface area contributed by atoms with Gasteiger partial charge in [-0.15, -0.1) is 0 Å². The lowest BCUT2D eigenvalue weighted by Crippen LogP contribution is -2.28. The van der Waals surface area contributed by atoms with Crippen LogP contribution in [-0.2, 0) is 6.54 Å². The van der Waals surface area contributed by atoms with Crippen molar-refractivity contribution in [3.05, 3.63) is 56.2 Å². The molecular weight excluding hydrogens is 292 g/mol. The lowest BCUT2D eigenvalue weighted by molar-refractivity contribution is 0.520. The molecule has 0 N–H and O–H groups in total. The van der Waals surface area contributed by atoms with Crippen LogP contribution in [0.1, 0.15) is 25.0 Å². The zero-order chi connectivity index (χ0) is 16.7. The van der Waals surface area contributed by atoms with Crippen LogP contribution in [0.2, 0.25) is 0 Å². The molecule has 0 spiro atoms. The predicted octanol–water partition coefficient (Wildman–Crippen LogP) is 1.85. The van der Waals surface area contributed by atoms with Gasteiger partial charge in [-0.3, -0.25) is 18.6 Å². The smallest absolute Gasteiger partial charge is 0.270 e. The molecule has 3 rings (SSSR count). The fourth-order valence-electron chi connectivity index (χ4n) is 2.69. The molecule has 0 bridgehead atoms. The van der Waals surface area contributed by atoms with E-state index < -0.39 is 5.56 Å². The summed E-state index contributed by atoms with van der Waals surface area (Å²) in [5, 5.41) is 9.47. The molecule has 6 nitrogen and oxygen atoms in total. The van der Waals surface area contributed by atoms with Crippen molar-refractivity contribution in [1.29, 1.82) is 5.26 Å². The maximum atomic E-state index is 12.8. The summed E-state index contributed by atoms with van der Waals surface area (Å²) in [5.41, 5.74) is 0.985. The Morgan fingerprint density at radius 2 is 2.00 bits per heavy atom. The monoisotopic (exact) mass is 308 g/mol. The molecule has 0 atom stereocenters. The van der Waals surface area contributed by atoms with E-state index in [4.69, 9.17) is 0 Å². The quantitative estimate of drug-likeness (QED) is 0.677. The molecule has 0 aliphatic heterocycles. The van der Waals surface area contributed by atoms with Crippen molar-refractivity contribution >= 4 is 16.7 Å². The zero-order valence-electron chi connectivity index (χ0n) is 13.2. The van der Waals surface area contributed by atoms with Gasteiger partial charge in [-0.25, -0.2) is 4.98 Å². The number of aryl methyl sites for hydroxylation is 1. The number of fused-ring (bicyclic) bond motifs is 2. The second-order valence-electron chi connectivity index (χ2n) is 6.02. The second kappa shape index (κ2) is 5.36. The maximum absolute atomic E-state index is 12.8. The highest BCUT2D eigenvalue weighted by atomic mass is 16.1. The molecule has 0 fully saturated rings. The molecule has 0 amide bonds. The molecule has 0 aliphatic carbocycles. The Bertz CT molecular complexity index is 1080. The van der Waals surface area contributed by atoms with Crippen LogP contribution in [0.4, 0.5) is 0 Å². The van der Waals surface area contributed by atoms with Crippen LogP contribution in [0.25, 0.3) is 16.7 Å². The highest BCUT2D eigenvalue weighted by molar-refractivity contribution is 5.78. The van der Waals surface area contributed by atoms with Crippen LogP contribution in [0.3, 0.4) is 0 Å². The van der Waals surface area contributed by atoms with E-state index in [1.54, 1.807) is 12.3 Å². The lowest BCUT2D eigenvalue weighted by atomic mass is 10.2. The van der Waals surface area contributed by atoms with Gasteiger partial charge in [-0.05, 0) is 30.5 Å². The van der Waals surface area contributed by atoms with Crippen molar-refractivity contribution in [2.75, 3.05) is 0 Å². The molecule has 3 aromatic rings. The number of hydrogen-bond acceptors (Lipinski definition) is 4. The van der Waals surface area contributed by atoms with E-state index in [-0.39, 0.29) is 22.4 Å². The molecule has 0 aliphatic rings. The number of pyridine rings is 2. The number of aromatic nitrogens is 3. The van der Waals surface area contributed by atoms with Gasteiger partial charge in [0.05, 0.1) is 5.39 Å². The zero-order valence-corrected chi connectivity index (χ0v) is 13.2. The minimum absolute atomic E-state index is 0.0374. The molecule has 116 valence electrons. The summed E-state index contributed by atoms with van der Waals surface area (Å²) in [4.78, 5) is 29.8. The van der Waals surface area contributed by atoms with Crippen LogP contribution in [-0.4, -0.2) is 14.0 Å². The van der Waals surface area contributed by atoms with Crippen molar-refractivity contribution < 1.29 is 0 Å². The Morgan fingerprint density at radius 1 is 1.26 bits per heavy atom. The molecule has 23 heavy (non-hydrogen) atoms. The minimum atomic E-state index is -0.404. The third-order valence-corrected chi connectivity index (χ3v) is 3.75. The standard InChI is InChI=1S/C17H16N4O2/c1-10(2)9-21-15-13(7-12(8-18)16(21)22)17(23)20-6-4-5-11(3)14(20)19-15/h4-7,10H,9H2,1-3H3. The van der Waals surface area contributed by atoms with Crippen molar-refractivity contribution in [2.24, 2.45) is 5.92 Å². The van der Waals surface area contributed by atoms with E-state index in [2.05, 4.69) is 4.98 Å². The van der Waals surface area contributed by atoms with Crippen molar-refractivity contribution in [2.45, 2.75) is 27.3 Å². The van der Waals surface area contributed by atoms with Gasteiger partial charge in [0, 0.05) is 12.7 Å². The molecule has 0 radical (unpaired) electrons. The van der Waals surface area contributed by atoms with Crippen LogP contribution in [0.15, 0.2) is 34.0 Å². The van der Waals surface area contributed by atoms with Gasteiger partial charge in [-0.2, -0.15) is 5.26 Å². The molecule has 0 saturated carbocycles. The van der Waals surface area contributed by atoms with Gasteiger partial charge in [0.1, 0.15) is 17.3 Å². The summed E-state index contributed by atoms with van der Waals surface area (Å²) in [6.07, 6.45) is 1.64. The summed E-state index contributed by atoms with van der Waals surface area (Å²) >= 11 is 0. The molecular formula is C17H16N4O2. The van der Waals surface area contributed by atoms with E-state index in [9.17, 15) is 14.9 Å². The summed E-state index contributed by atoms with van der Waals surface area (Å²) in [7, 11) is 0. The van der Waals surface area contributed by atoms with Crippen molar-refractivity contribution in [3.63, 3.8) is 0 Å². The number of rotatable bonds is 2. The van der Waals surface area contributed by atoms with E-state index in [0.29, 0.717) is 17.8 Å². The number of hydrogen-bond donors (Lipinski definition) is 0. The highest BCUT2D eigenvalue weighted by Gasteiger charge is 2.16. The predicted molar refractivity (Wildman–Crippen MR) is 87.5 cm³/mol. The molecule has 3 heterocycles. The first-order chi connectivity index (χ1) is 10.9. The normalized spacial score (nSPS) is 11.3. The Hall–Kier alpha value is -2.94. The Labute approximate surface area is 132 Å². The highest BCUT2D eigenvalue weighted by Crippen LogP contribution is 2.13. The molecule has 3 aromatic heterocycles. The first-order valence-corrected chi connectivity index (χ1v) is 7.39. The minimum Gasteiger partial charge on any atom is -0.291 e. The van der Waals surface area contributed by atoms with E-state index in [1.807, 2.05) is 32.9 Å². The molecule has 6 heteroatoms. The van der Waals surface area contributed by atoms with Gasteiger partial charge in [0.2, 0.25) is 0 Å². The van der Waals surface area contributed by atoms with Gasteiger partial charge in [0.15, 0.2) is 5.65 Å². The summed E-state index contributed by atoms with van der Waals surface area (Å²) in [6.45, 7) is 6.20. The average molecular weight is 308 g/mol. The largest absolute Gasteiger partial charge is 0.291 e. The molecule has 0 saturated heterocycles. The first kappa shape index (κ1) is 15.0. The number of nitrogens with zero attached hydrogens (tertiary/aromatic N) is 4. The van der Waals surface area contributed by atoms with E-state index in [1.165, 1.54) is 15.0 Å². The molecule has 0 unspecified atom stereocenters. The van der Waals surface area contributed by atoms with Gasteiger partial charge >= 0.3 is 0 Å². The van der Waals surface area contributed by atoms with Gasteiger partial charge < -0.3 is 0 Å². The Morgan fingerprint density at radius 3 is 2.65 bits per heavy atom. The Balaban J connectivity index is 2.59. The molecule has 0 aromatic carbocycles. The average Bonchev–Trinajstić information content (AvgIpc) is 2.51. The van der Waals surface area contributed by atoms with E-state index >= 15 is 0 Å². The fourth-order valence-corrected chi connectivity index (χ4v) is 2.69. The van der Waals surface area contributed by atoms with Crippen LogP contribution in [0, 0.1) is 24.2 Å². The van der Waals surface area contributed by atoms with Crippen molar-refractivity contribution in [3.8, 4) is 6.07 Å². The summed E-state index contributed by atoms with van der Waals surface area (Å²) in [6, 6.07) is 6.86. The van der Waals surface area contributed by atoms with Crippen LogP contribution < -0.4 is 11.1 Å². The maximum Gasteiger partial charge on any atom is 0.270 e. The lowest BCUT2D eigenvalue weighted by Gasteiger charge is -2.13. The van der Waals surface area contributed by atoms with Crippen molar-refractivity contribution in [1.82, 2.24) is 14.0 Å².